The molecule has 5 heteroatoms. The first-order valence-electron chi connectivity index (χ1n) is 4.74. The lowest BCUT2D eigenvalue weighted by Gasteiger charge is -2.01. The highest BCUT2D eigenvalue weighted by Gasteiger charge is 2.16. The van der Waals surface area contributed by atoms with Gasteiger partial charge in [0.2, 0.25) is 0 Å². The maximum Gasteiger partial charge on any atom is 0.194 e. The standard InChI is InChI=1S/C12H7BrF2OS/c1-6-10(5-11(13)17-6)12(16)7-2-8(14)4-9(15)3-7/h2-5H,1H3. The zero-order valence-corrected chi connectivity index (χ0v) is 11.2. The number of thiophene rings is 1. The molecule has 0 atom stereocenters. The molecule has 0 radical (unpaired) electrons. The fourth-order valence-electron chi connectivity index (χ4n) is 1.51. The van der Waals surface area contributed by atoms with E-state index < -0.39 is 11.6 Å². The summed E-state index contributed by atoms with van der Waals surface area (Å²) in [5.74, 6) is -1.87. The molecule has 0 unspecified atom stereocenters. The number of rotatable bonds is 2. The fourth-order valence-corrected chi connectivity index (χ4v) is 3.20. The van der Waals surface area contributed by atoms with Gasteiger partial charge in [0.15, 0.2) is 5.78 Å². The molecule has 0 N–H and O–H groups in total. The van der Waals surface area contributed by atoms with Crippen molar-refractivity contribution >= 4 is 33.0 Å². The molecule has 2 aromatic rings. The maximum absolute atomic E-state index is 13.0. The van der Waals surface area contributed by atoms with E-state index in [-0.39, 0.29) is 11.3 Å². The Morgan fingerprint density at radius 1 is 1.18 bits per heavy atom. The average molecular weight is 317 g/mol. The molecule has 88 valence electrons. The lowest BCUT2D eigenvalue weighted by Crippen LogP contribution is -2.02. The Kier molecular flexibility index (Phi) is 3.40. The Hall–Kier alpha value is -1.07. The molecule has 0 amide bonds. The smallest absolute Gasteiger partial charge is 0.194 e. The van der Waals surface area contributed by atoms with Crippen LogP contribution >= 0.6 is 27.3 Å². The molecule has 1 nitrogen and oxygen atoms in total. The third-order valence-electron chi connectivity index (χ3n) is 2.26. The average Bonchev–Trinajstić information content (AvgIpc) is 2.55. The van der Waals surface area contributed by atoms with Crippen LogP contribution in [-0.4, -0.2) is 5.78 Å². The number of hydrogen-bond donors (Lipinski definition) is 0. The summed E-state index contributed by atoms with van der Waals surface area (Å²) in [5, 5.41) is 0. The zero-order valence-electron chi connectivity index (χ0n) is 8.76. The number of ketones is 1. The molecular weight excluding hydrogens is 310 g/mol. The predicted octanol–water partition coefficient (Wildman–Crippen LogP) is 4.33. The fraction of sp³-hybridized carbons (Fsp3) is 0.0833. The Labute approximate surface area is 109 Å². The number of carbonyl (C=O) groups excluding carboxylic acids is 1. The van der Waals surface area contributed by atoms with Crippen LogP contribution in [0, 0.1) is 18.6 Å². The Morgan fingerprint density at radius 3 is 2.24 bits per heavy atom. The first-order chi connectivity index (χ1) is 7.97. The first-order valence-corrected chi connectivity index (χ1v) is 6.35. The van der Waals surface area contributed by atoms with Crippen molar-refractivity contribution in [1.82, 2.24) is 0 Å². The minimum absolute atomic E-state index is 0.0240. The molecule has 0 aliphatic heterocycles. The second kappa shape index (κ2) is 4.66. The summed E-state index contributed by atoms with van der Waals surface area (Å²) < 4.78 is 26.8. The zero-order chi connectivity index (χ0) is 12.6. The molecule has 0 fully saturated rings. The van der Waals surface area contributed by atoms with Crippen LogP contribution < -0.4 is 0 Å². The summed E-state index contributed by atoms with van der Waals surface area (Å²) >= 11 is 4.68. The van der Waals surface area contributed by atoms with Crippen LogP contribution in [-0.2, 0) is 0 Å². The van der Waals surface area contributed by atoms with Crippen LogP contribution in [0.1, 0.15) is 20.8 Å². The molecular formula is C12H7BrF2OS. The highest BCUT2D eigenvalue weighted by Crippen LogP contribution is 2.28. The van der Waals surface area contributed by atoms with Crippen molar-refractivity contribution in [3.05, 3.63) is 55.7 Å². The van der Waals surface area contributed by atoms with E-state index in [1.54, 1.807) is 13.0 Å². The minimum Gasteiger partial charge on any atom is -0.289 e. The Morgan fingerprint density at radius 2 is 1.76 bits per heavy atom. The van der Waals surface area contributed by atoms with Gasteiger partial charge in [-0.05, 0) is 41.1 Å². The largest absolute Gasteiger partial charge is 0.289 e. The van der Waals surface area contributed by atoms with E-state index in [1.165, 1.54) is 11.3 Å². The summed E-state index contributed by atoms with van der Waals surface area (Å²) in [4.78, 5) is 12.8. The molecule has 0 aliphatic carbocycles. The molecule has 1 aromatic heterocycles. The van der Waals surface area contributed by atoms with Gasteiger partial charge < -0.3 is 0 Å². The number of halogens is 3. The molecule has 0 aliphatic rings. The van der Waals surface area contributed by atoms with Crippen molar-refractivity contribution in [1.29, 1.82) is 0 Å². The lowest BCUT2D eigenvalue weighted by molar-refractivity contribution is 0.103. The summed E-state index contributed by atoms with van der Waals surface area (Å²) in [5.41, 5.74) is 0.489. The van der Waals surface area contributed by atoms with Gasteiger partial charge in [-0.1, -0.05) is 0 Å². The molecule has 2 rings (SSSR count). The topological polar surface area (TPSA) is 17.1 Å². The monoisotopic (exact) mass is 316 g/mol. The van der Waals surface area contributed by atoms with Crippen LogP contribution in [0.5, 0.6) is 0 Å². The number of hydrogen-bond acceptors (Lipinski definition) is 2. The summed E-state index contributed by atoms with van der Waals surface area (Å²) in [6.45, 7) is 1.79. The molecule has 0 saturated carbocycles. The van der Waals surface area contributed by atoms with Crippen molar-refractivity contribution < 1.29 is 13.6 Å². The Balaban J connectivity index is 2.47. The number of carbonyl (C=O) groups is 1. The van der Waals surface area contributed by atoms with Crippen LogP contribution in [0.25, 0.3) is 0 Å². The SMILES string of the molecule is Cc1sc(Br)cc1C(=O)c1cc(F)cc(F)c1. The highest BCUT2D eigenvalue weighted by atomic mass is 79.9. The van der Waals surface area contributed by atoms with E-state index in [4.69, 9.17) is 0 Å². The van der Waals surface area contributed by atoms with Gasteiger partial charge in [0.05, 0.1) is 3.79 Å². The van der Waals surface area contributed by atoms with Crippen molar-refractivity contribution in [2.45, 2.75) is 6.92 Å². The molecule has 0 saturated heterocycles. The van der Waals surface area contributed by atoms with E-state index >= 15 is 0 Å². The Bertz CT molecular complexity index is 572. The summed E-state index contributed by atoms with van der Waals surface area (Å²) in [6.07, 6.45) is 0. The maximum atomic E-state index is 13.0. The minimum atomic E-state index is -0.750. The van der Waals surface area contributed by atoms with Crippen molar-refractivity contribution in [2.75, 3.05) is 0 Å². The van der Waals surface area contributed by atoms with Gasteiger partial charge in [-0.2, -0.15) is 0 Å². The summed E-state index contributed by atoms with van der Waals surface area (Å²) in [7, 11) is 0. The van der Waals surface area contributed by atoms with Crippen LogP contribution in [0.4, 0.5) is 8.78 Å². The lowest BCUT2D eigenvalue weighted by atomic mass is 10.0. The van der Waals surface area contributed by atoms with Crippen molar-refractivity contribution in [2.24, 2.45) is 0 Å². The van der Waals surface area contributed by atoms with E-state index in [2.05, 4.69) is 15.9 Å². The van der Waals surface area contributed by atoms with E-state index in [1.807, 2.05) is 0 Å². The van der Waals surface area contributed by atoms with Crippen LogP contribution in [0.3, 0.4) is 0 Å². The third kappa shape index (κ3) is 2.61. The molecule has 17 heavy (non-hydrogen) atoms. The molecule has 0 bridgehead atoms. The van der Waals surface area contributed by atoms with Gasteiger partial charge in [-0.3, -0.25) is 4.79 Å². The highest BCUT2D eigenvalue weighted by molar-refractivity contribution is 9.11. The summed E-state index contributed by atoms with van der Waals surface area (Å²) in [6, 6.07) is 4.48. The van der Waals surface area contributed by atoms with E-state index in [9.17, 15) is 13.6 Å². The van der Waals surface area contributed by atoms with Gasteiger partial charge in [0, 0.05) is 22.1 Å². The van der Waals surface area contributed by atoms with Crippen molar-refractivity contribution in [3.8, 4) is 0 Å². The van der Waals surface area contributed by atoms with Gasteiger partial charge in [0.1, 0.15) is 11.6 Å². The van der Waals surface area contributed by atoms with Crippen LogP contribution in [0.2, 0.25) is 0 Å². The normalized spacial score (nSPS) is 10.6. The molecule has 1 heterocycles. The van der Waals surface area contributed by atoms with Crippen molar-refractivity contribution in [3.63, 3.8) is 0 Å². The van der Waals surface area contributed by atoms with Gasteiger partial charge in [-0.25, -0.2) is 8.78 Å². The molecule has 1 aromatic carbocycles. The second-order valence-corrected chi connectivity index (χ2v) is 6.14. The van der Waals surface area contributed by atoms with Gasteiger partial charge in [-0.15, -0.1) is 11.3 Å². The number of aryl methyl sites for hydroxylation is 1. The van der Waals surface area contributed by atoms with E-state index in [0.29, 0.717) is 5.56 Å². The third-order valence-corrected chi connectivity index (χ3v) is 3.81. The second-order valence-electron chi connectivity index (χ2n) is 3.51. The first kappa shape index (κ1) is 12.4. The predicted molar refractivity (Wildman–Crippen MR) is 66.5 cm³/mol. The quantitative estimate of drug-likeness (QED) is 0.754. The number of benzene rings is 1. The van der Waals surface area contributed by atoms with Gasteiger partial charge >= 0.3 is 0 Å². The van der Waals surface area contributed by atoms with E-state index in [0.717, 1.165) is 26.9 Å². The molecule has 0 spiro atoms. The van der Waals surface area contributed by atoms with Gasteiger partial charge in [0.25, 0.3) is 0 Å². The van der Waals surface area contributed by atoms with Crippen LogP contribution in [0.15, 0.2) is 28.1 Å².